The topological polar surface area (TPSA) is 121 Å². The summed E-state index contributed by atoms with van der Waals surface area (Å²) in [5.74, 6) is 1.75. The van der Waals surface area contributed by atoms with Gasteiger partial charge >= 0.3 is 0 Å². The zero-order valence-corrected chi connectivity index (χ0v) is 18.8. The maximum absolute atomic E-state index is 5.85. The number of nitrogens with zero attached hydrogens (tertiary/aromatic N) is 4. The molecule has 0 saturated carbocycles. The normalized spacial score (nSPS) is 16.4. The molecule has 4 heterocycles. The van der Waals surface area contributed by atoms with Gasteiger partial charge in [0.15, 0.2) is 0 Å². The molecule has 0 aliphatic carbocycles. The highest BCUT2D eigenvalue weighted by molar-refractivity contribution is 5.66. The fourth-order valence-corrected chi connectivity index (χ4v) is 3.71. The van der Waals surface area contributed by atoms with Crippen LogP contribution in [0, 0.1) is 0 Å². The number of benzene rings is 1. The molecule has 32 heavy (non-hydrogen) atoms. The van der Waals surface area contributed by atoms with E-state index < -0.39 is 0 Å². The van der Waals surface area contributed by atoms with Gasteiger partial charge in [0, 0.05) is 5.56 Å². The van der Waals surface area contributed by atoms with Gasteiger partial charge < -0.3 is 21.0 Å². The first kappa shape index (κ1) is 21.9. The third-order valence-corrected chi connectivity index (χ3v) is 5.43. The maximum atomic E-state index is 5.85. The molecule has 5 rings (SSSR count). The van der Waals surface area contributed by atoms with Crippen LogP contribution >= 0.6 is 0 Å². The van der Waals surface area contributed by atoms with E-state index in [4.69, 9.17) is 5.73 Å². The van der Waals surface area contributed by atoms with E-state index in [0.717, 1.165) is 58.5 Å². The van der Waals surface area contributed by atoms with Crippen molar-refractivity contribution in [3.8, 4) is 33.9 Å². The highest BCUT2D eigenvalue weighted by atomic mass is 15.0. The number of nitrogens with one attached hydrogen (secondary N) is 3. The molecule has 166 valence electrons. The van der Waals surface area contributed by atoms with Crippen molar-refractivity contribution >= 4 is 0 Å². The Bertz CT molecular complexity index is 1120. The van der Waals surface area contributed by atoms with Crippen molar-refractivity contribution in [3.05, 3.63) is 60.7 Å². The molecular formula is C24H30N8. The smallest absolute Gasteiger partial charge is 0.123 e. The summed E-state index contributed by atoms with van der Waals surface area (Å²) in [5.41, 5.74) is 11.3. The Hall–Kier alpha value is -3.36. The predicted molar refractivity (Wildman–Crippen MR) is 127 cm³/mol. The Balaban J connectivity index is 0.00000119. The minimum atomic E-state index is -0.148. The number of aromatic nitrogens is 6. The van der Waals surface area contributed by atoms with Crippen molar-refractivity contribution in [2.75, 3.05) is 6.54 Å². The molecule has 4 aromatic rings. The molecule has 0 bridgehead atoms. The number of H-pyrrole nitrogens is 2. The Morgan fingerprint density at radius 3 is 2.16 bits per heavy atom. The Kier molecular flexibility index (Phi) is 6.72. The minimum absolute atomic E-state index is 0.148. The van der Waals surface area contributed by atoms with E-state index in [-0.39, 0.29) is 6.04 Å². The molecule has 1 aliphatic heterocycles. The number of hydrogen-bond acceptors (Lipinski definition) is 6. The number of rotatable bonds is 5. The molecular weight excluding hydrogens is 400 g/mol. The first-order chi connectivity index (χ1) is 15.7. The lowest BCUT2D eigenvalue weighted by molar-refractivity contribution is 0.613. The predicted octanol–water partition coefficient (Wildman–Crippen LogP) is 4.39. The molecule has 8 nitrogen and oxygen atoms in total. The van der Waals surface area contributed by atoms with Gasteiger partial charge in [0.05, 0.1) is 54.0 Å². The third-order valence-electron chi connectivity index (χ3n) is 5.43. The van der Waals surface area contributed by atoms with E-state index in [0.29, 0.717) is 6.04 Å². The summed E-state index contributed by atoms with van der Waals surface area (Å²) in [7, 11) is 0. The zero-order chi connectivity index (χ0) is 22.5. The standard InChI is InChI=1S/C22H24N8.C2H6/c1-13(23)21-27-12-20(30-21)19-11-25-17(9-26-19)14-4-6-15(7-5-14)18-10-28-22(29-18)16-3-2-8-24-16;1-2/h4-7,9-13,16,24H,2-3,8,23H2,1H3,(H,27,30)(H,28,29);1-2H3/t13-,16-;/m0./s1. The average molecular weight is 431 g/mol. The van der Waals surface area contributed by atoms with E-state index in [1.54, 1.807) is 18.6 Å². The highest BCUT2D eigenvalue weighted by Crippen LogP contribution is 2.26. The molecule has 1 aromatic carbocycles. The third kappa shape index (κ3) is 4.61. The van der Waals surface area contributed by atoms with Crippen molar-refractivity contribution in [1.82, 2.24) is 35.2 Å². The summed E-state index contributed by atoms with van der Waals surface area (Å²) in [5, 5.41) is 3.47. The van der Waals surface area contributed by atoms with Gasteiger partial charge in [0.25, 0.3) is 0 Å². The van der Waals surface area contributed by atoms with Gasteiger partial charge in [-0.25, -0.2) is 9.97 Å². The van der Waals surface area contributed by atoms with E-state index in [1.165, 1.54) is 6.42 Å². The van der Waals surface area contributed by atoms with Crippen LogP contribution in [-0.2, 0) is 0 Å². The van der Waals surface area contributed by atoms with E-state index >= 15 is 0 Å². The fourth-order valence-electron chi connectivity index (χ4n) is 3.71. The van der Waals surface area contributed by atoms with Crippen LogP contribution in [0.3, 0.4) is 0 Å². The molecule has 0 spiro atoms. The van der Waals surface area contributed by atoms with Crippen LogP contribution in [0.4, 0.5) is 0 Å². The highest BCUT2D eigenvalue weighted by Gasteiger charge is 2.19. The van der Waals surface area contributed by atoms with Crippen molar-refractivity contribution in [1.29, 1.82) is 0 Å². The van der Waals surface area contributed by atoms with Crippen LogP contribution in [0.15, 0.2) is 49.1 Å². The summed E-state index contributed by atoms with van der Waals surface area (Å²) < 4.78 is 0. The number of hydrogen-bond donors (Lipinski definition) is 4. The summed E-state index contributed by atoms with van der Waals surface area (Å²) in [6.07, 6.45) is 9.49. The zero-order valence-electron chi connectivity index (χ0n) is 18.8. The molecule has 5 N–H and O–H groups in total. The number of nitrogens with two attached hydrogens (primary N) is 1. The van der Waals surface area contributed by atoms with Crippen molar-refractivity contribution in [2.45, 2.75) is 45.7 Å². The number of imidazole rings is 2. The molecule has 3 aromatic heterocycles. The quantitative estimate of drug-likeness (QED) is 0.372. The number of aromatic amines is 2. The molecule has 1 fully saturated rings. The second-order valence-electron chi connectivity index (χ2n) is 7.67. The lowest BCUT2D eigenvalue weighted by atomic mass is 10.1. The maximum Gasteiger partial charge on any atom is 0.123 e. The molecule has 1 aliphatic rings. The Morgan fingerprint density at radius 1 is 0.844 bits per heavy atom. The van der Waals surface area contributed by atoms with Crippen LogP contribution in [0.25, 0.3) is 33.9 Å². The largest absolute Gasteiger partial charge is 0.341 e. The fraction of sp³-hybridized carbons (Fsp3) is 0.333. The van der Waals surface area contributed by atoms with Crippen molar-refractivity contribution < 1.29 is 0 Å². The second kappa shape index (κ2) is 9.84. The molecule has 0 radical (unpaired) electrons. The Morgan fingerprint density at radius 2 is 1.53 bits per heavy atom. The molecule has 0 amide bonds. The van der Waals surface area contributed by atoms with Gasteiger partial charge in [-0.1, -0.05) is 38.1 Å². The molecule has 8 heteroatoms. The van der Waals surface area contributed by atoms with E-state index in [9.17, 15) is 0 Å². The monoisotopic (exact) mass is 430 g/mol. The summed E-state index contributed by atoms with van der Waals surface area (Å²) in [6, 6.07) is 8.45. The van der Waals surface area contributed by atoms with Gasteiger partial charge in [-0.2, -0.15) is 0 Å². The lowest BCUT2D eigenvalue weighted by Gasteiger charge is -2.06. The van der Waals surface area contributed by atoms with Gasteiger partial charge in [0.2, 0.25) is 0 Å². The second-order valence-corrected chi connectivity index (χ2v) is 7.67. The molecule has 1 saturated heterocycles. The Labute approximate surface area is 188 Å². The summed E-state index contributed by atoms with van der Waals surface area (Å²) in [4.78, 5) is 24.6. The lowest BCUT2D eigenvalue weighted by Crippen LogP contribution is -2.14. The summed E-state index contributed by atoms with van der Waals surface area (Å²) >= 11 is 0. The van der Waals surface area contributed by atoms with Crippen molar-refractivity contribution in [3.63, 3.8) is 0 Å². The van der Waals surface area contributed by atoms with Gasteiger partial charge in [-0.15, -0.1) is 0 Å². The van der Waals surface area contributed by atoms with E-state index in [1.807, 2.05) is 27.0 Å². The van der Waals surface area contributed by atoms with Crippen LogP contribution in [-0.4, -0.2) is 36.4 Å². The van der Waals surface area contributed by atoms with Gasteiger partial charge in [-0.05, 0) is 31.9 Å². The van der Waals surface area contributed by atoms with E-state index in [2.05, 4.69) is 59.5 Å². The minimum Gasteiger partial charge on any atom is -0.341 e. The van der Waals surface area contributed by atoms with Crippen LogP contribution in [0.1, 0.15) is 57.3 Å². The van der Waals surface area contributed by atoms with Crippen LogP contribution in [0.5, 0.6) is 0 Å². The molecule has 0 unspecified atom stereocenters. The van der Waals surface area contributed by atoms with Crippen molar-refractivity contribution in [2.24, 2.45) is 5.73 Å². The SMILES string of the molecule is CC.C[C@H](N)c1ncc(-c2cnc(-c3ccc(-c4cnc([C@@H]5CCCN5)[nH]4)cc3)cn2)[nH]1. The molecule has 2 atom stereocenters. The first-order valence-electron chi connectivity index (χ1n) is 11.2. The average Bonchev–Trinajstić information content (AvgIpc) is 3.62. The van der Waals surface area contributed by atoms with Crippen LogP contribution < -0.4 is 11.1 Å². The van der Waals surface area contributed by atoms with Gasteiger partial charge in [-0.3, -0.25) is 9.97 Å². The van der Waals surface area contributed by atoms with Crippen LogP contribution in [0.2, 0.25) is 0 Å². The summed E-state index contributed by atoms with van der Waals surface area (Å²) in [6.45, 7) is 6.94. The van der Waals surface area contributed by atoms with Gasteiger partial charge in [0.1, 0.15) is 17.3 Å². The first-order valence-corrected chi connectivity index (χ1v) is 11.2.